The van der Waals surface area contributed by atoms with E-state index in [1.165, 1.54) is 12.0 Å². The second-order valence-electron chi connectivity index (χ2n) is 3.74. The summed E-state index contributed by atoms with van der Waals surface area (Å²) in [5.74, 6) is 0. The lowest BCUT2D eigenvalue weighted by molar-refractivity contribution is 0.248. The van der Waals surface area contributed by atoms with Crippen molar-refractivity contribution in [2.24, 2.45) is 0 Å². The van der Waals surface area contributed by atoms with Crippen LogP contribution >= 0.6 is 0 Å². The molecular formula is C11H24N2. The van der Waals surface area contributed by atoms with Gasteiger partial charge in [-0.05, 0) is 26.9 Å². The van der Waals surface area contributed by atoms with Crippen LogP contribution in [0.5, 0.6) is 0 Å². The molecule has 0 aromatic rings. The Kier molecular flexibility index (Phi) is 6.92. The Morgan fingerprint density at radius 1 is 1.46 bits per heavy atom. The molecule has 0 bridgehead atoms. The second-order valence-corrected chi connectivity index (χ2v) is 3.74. The van der Waals surface area contributed by atoms with Crippen LogP contribution < -0.4 is 5.32 Å². The highest BCUT2D eigenvalue weighted by Gasteiger charge is 2.10. The fourth-order valence-electron chi connectivity index (χ4n) is 1.48. The molecule has 1 N–H and O–H groups in total. The Balaban J connectivity index is 3.83. The van der Waals surface area contributed by atoms with Gasteiger partial charge >= 0.3 is 0 Å². The molecule has 0 aliphatic carbocycles. The van der Waals surface area contributed by atoms with E-state index < -0.39 is 0 Å². The predicted molar refractivity (Wildman–Crippen MR) is 60.1 cm³/mol. The Bertz CT molecular complexity index is 143. The average Bonchev–Trinajstić information content (AvgIpc) is 2.04. The summed E-state index contributed by atoms with van der Waals surface area (Å²) < 4.78 is 0. The Morgan fingerprint density at radius 2 is 2.08 bits per heavy atom. The lowest BCUT2D eigenvalue weighted by Crippen LogP contribution is -2.40. The molecule has 0 aliphatic heterocycles. The molecule has 0 heterocycles. The molecule has 0 aromatic carbocycles. The van der Waals surface area contributed by atoms with E-state index in [1.54, 1.807) is 0 Å². The van der Waals surface area contributed by atoms with E-state index in [4.69, 9.17) is 0 Å². The summed E-state index contributed by atoms with van der Waals surface area (Å²) in [6.45, 7) is 13.5. The van der Waals surface area contributed by atoms with Crippen molar-refractivity contribution in [3.63, 3.8) is 0 Å². The maximum atomic E-state index is 3.93. The van der Waals surface area contributed by atoms with Crippen molar-refractivity contribution in [2.45, 2.75) is 33.2 Å². The van der Waals surface area contributed by atoms with Gasteiger partial charge in [0, 0.05) is 19.1 Å². The normalized spacial score (nSPS) is 13.3. The molecule has 0 radical (unpaired) electrons. The molecular weight excluding hydrogens is 160 g/mol. The third-order valence-electron chi connectivity index (χ3n) is 2.24. The van der Waals surface area contributed by atoms with Crippen LogP contribution in [0.25, 0.3) is 0 Å². The summed E-state index contributed by atoms with van der Waals surface area (Å²) in [6, 6.07) is 0.636. The Labute approximate surface area is 83.0 Å². The van der Waals surface area contributed by atoms with Crippen LogP contribution in [0.3, 0.4) is 0 Å². The minimum atomic E-state index is 0.636. The van der Waals surface area contributed by atoms with Gasteiger partial charge in [-0.25, -0.2) is 0 Å². The zero-order chi connectivity index (χ0) is 10.3. The van der Waals surface area contributed by atoms with E-state index in [2.05, 4.69) is 44.6 Å². The van der Waals surface area contributed by atoms with Crippen LogP contribution in [-0.2, 0) is 0 Å². The van der Waals surface area contributed by atoms with Gasteiger partial charge in [0.15, 0.2) is 0 Å². The lowest BCUT2D eigenvalue weighted by atomic mass is 10.2. The molecule has 0 amide bonds. The summed E-state index contributed by atoms with van der Waals surface area (Å²) in [5, 5.41) is 3.38. The first-order chi connectivity index (χ1) is 6.11. The van der Waals surface area contributed by atoms with Crippen molar-refractivity contribution in [3.05, 3.63) is 12.2 Å². The monoisotopic (exact) mass is 184 g/mol. The van der Waals surface area contributed by atoms with E-state index >= 15 is 0 Å². The number of hydrogen-bond acceptors (Lipinski definition) is 2. The number of likely N-dealkylation sites (N-methyl/N-ethyl adjacent to an activating group) is 2. The third kappa shape index (κ3) is 5.83. The summed E-state index contributed by atoms with van der Waals surface area (Å²) in [6.07, 6.45) is 1.19. The summed E-state index contributed by atoms with van der Waals surface area (Å²) in [4.78, 5) is 2.37. The zero-order valence-electron chi connectivity index (χ0n) is 9.56. The molecule has 1 atom stereocenters. The van der Waals surface area contributed by atoms with E-state index in [-0.39, 0.29) is 0 Å². The van der Waals surface area contributed by atoms with Crippen LogP contribution in [-0.4, -0.2) is 37.6 Å². The molecule has 0 saturated carbocycles. The molecule has 2 nitrogen and oxygen atoms in total. The molecule has 0 rings (SSSR count). The molecule has 2 heteroatoms. The van der Waals surface area contributed by atoms with E-state index in [1.807, 2.05) is 0 Å². The van der Waals surface area contributed by atoms with Crippen LogP contribution in [0.2, 0.25) is 0 Å². The SMILES string of the molecule is C=C(C)CN(C)C(CC)CNCC. The fourth-order valence-corrected chi connectivity index (χ4v) is 1.48. The Hall–Kier alpha value is -0.340. The molecule has 0 fully saturated rings. The minimum Gasteiger partial charge on any atom is -0.315 e. The van der Waals surface area contributed by atoms with Gasteiger partial charge in [0.25, 0.3) is 0 Å². The number of hydrogen-bond donors (Lipinski definition) is 1. The van der Waals surface area contributed by atoms with Gasteiger partial charge in [-0.1, -0.05) is 26.0 Å². The first-order valence-corrected chi connectivity index (χ1v) is 5.17. The summed E-state index contributed by atoms with van der Waals surface area (Å²) in [7, 11) is 2.17. The van der Waals surface area contributed by atoms with Crippen LogP contribution in [0.4, 0.5) is 0 Å². The standard InChI is InChI=1S/C11H24N2/c1-6-11(8-12-7-2)13(5)9-10(3)4/h11-12H,3,6-9H2,1-2,4-5H3. The van der Waals surface area contributed by atoms with Gasteiger partial charge in [0.2, 0.25) is 0 Å². The number of rotatable bonds is 7. The topological polar surface area (TPSA) is 15.3 Å². The van der Waals surface area contributed by atoms with Gasteiger partial charge in [0.05, 0.1) is 0 Å². The van der Waals surface area contributed by atoms with Crippen LogP contribution in [0.1, 0.15) is 27.2 Å². The van der Waals surface area contributed by atoms with Crippen molar-refractivity contribution in [2.75, 3.05) is 26.7 Å². The van der Waals surface area contributed by atoms with Gasteiger partial charge < -0.3 is 5.32 Å². The molecule has 1 unspecified atom stereocenters. The molecule has 0 aliphatic rings. The Morgan fingerprint density at radius 3 is 2.46 bits per heavy atom. The highest BCUT2D eigenvalue weighted by atomic mass is 15.1. The van der Waals surface area contributed by atoms with Crippen molar-refractivity contribution in [3.8, 4) is 0 Å². The smallest absolute Gasteiger partial charge is 0.0218 e. The summed E-state index contributed by atoms with van der Waals surface area (Å²) >= 11 is 0. The predicted octanol–water partition coefficient (Wildman–Crippen LogP) is 1.88. The van der Waals surface area contributed by atoms with Gasteiger partial charge in [-0.2, -0.15) is 0 Å². The van der Waals surface area contributed by atoms with Gasteiger partial charge in [-0.15, -0.1) is 0 Å². The van der Waals surface area contributed by atoms with Crippen LogP contribution in [0, 0.1) is 0 Å². The molecule has 0 spiro atoms. The lowest BCUT2D eigenvalue weighted by Gasteiger charge is -2.27. The van der Waals surface area contributed by atoms with E-state index in [0.29, 0.717) is 6.04 Å². The quantitative estimate of drug-likeness (QED) is 0.608. The third-order valence-corrected chi connectivity index (χ3v) is 2.24. The number of nitrogens with zero attached hydrogens (tertiary/aromatic N) is 1. The van der Waals surface area contributed by atoms with Gasteiger partial charge in [-0.3, -0.25) is 4.90 Å². The molecule has 0 saturated heterocycles. The van der Waals surface area contributed by atoms with Crippen molar-refractivity contribution in [1.82, 2.24) is 10.2 Å². The van der Waals surface area contributed by atoms with Crippen molar-refractivity contribution < 1.29 is 0 Å². The average molecular weight is 184 g/mol. The number of nitrogens with one attached hydrogen (secondary N) is 1. The summed E-state index contributed by atoms with van der Waals surface area (Å²) in [5.41, 5.74) is 1.23. The molecule has 0 aromatic heterocycles. The first-order valence-electron chi connectivity index (χ1n) is 5.17. The van der Waals surface area contributed by atoms with Crippen molar-refractivity contribution >= 4 is 0 Å². The second kappa shape index (κ2) is 7.10. The van der Waals surface area contributed by atoms with Gasteiger partial charge in [0.1, 0.15) is 0 Å². The largest absolute Gasteiger partial charge is 0.315 e. The van der Waals surface area contributed by atoms with E-state index in [9.17, 15) is 0 Å². The maximum absolute atomic E-state index is 3.93. The van der Waals surface area contributed by atoms with E-state index in [0.717, 1.165) is 19.6 Å². The molecule has 13 heavy (non-hydrogen) atoms. The van der Waals surface area contributed by atoms with Crippen LogP contribution in [0.15, 0.2) is 12.2 Å². The van der Waals surface area contributed by atoms with Crippen molar-refractivity contribution in [1.29, 1.82) is 0 Å². The first kappa shape index (κ1) is 12.7. The minimum absolute atomic E-state index is 0.636. The zero-order valence-corrected chi connectivity index (χ0v) is 9.56. The highest BCUT2D eigenvalue weighted by molar-refractivity contribution is 4.92. The fraction of sp³-hybridized carbons (Fsp3) is 0.818. The molecule has 78 valence electrons. The maximum Gasteiger partial charge on any atom is 0.0218 e. The highest BCUT2D eigenvalue weighted by Crippen LogP contribution is 2.02.